The molecule has 2 aromatic carbocycles. The van der Waals surface area contributed by atoms with Gasteiger partial charge in [0, 0.05) is 12.6 Å². The van der Waals surface area contributed by atoms with Crippen molar-refractivity contribution in [2.75, 3.05) is 7.05 Å². The van der Waals surface area contributed by atoms with Gasteiger partial charge < -0.3 is 4.84 Å². The maximum atomic E-state index is 6.21. The highest BCUT2D eigenvalue weighted by Crippen LogP contribution is 2.36. The number of rotatable bonds is 2. The van der Waals surface area contributed by atoms with Crippen LogP contribution in [-0.2, 0) is 4.84 Å². The Kier molecular flexibility index (Phi) is 3.28. The minimum absolute atomic E-state index is 0.118. The molecule has 1 aliphatic rings. The lowest BCUT2D eigenvalue weighted by Crippen LogP contribution is -2.16. The van der Waals surface area contributed by atoms with Crippen molar-refractivity contribution in [2.45, 2.75) is 6.04 Å². The van der Waals surface area contributed by atoms with E-state index < -0.39 is 0 Å². The van der Waals surface area contributed by atoms with Crippen LogP contribution >= 0.6 is 11.6 Å². The Labute approximate surface area is 117 Å². The van der Waals surface area contributed by atoms with Gasteiger partial charge in [0.05, 0.1) is 11.1 Å². The van der Waals surface area contributed by atoms with Crippen molar-refractivity contribution in [3.8, 4) is 0 Å². The van der Waals surface area contributed by atoms with Crippen LogP contribution in [0.3, 0.4) is 0 Å². The fourth-order valence-corrected chi connectivity index (χ4v) is 2.48. The lowest BCUT2D eigenvalue weighted by molar-refractivity contribution is -0.0663. The van der Waals surface area contributed by atoms with Gasteiger partial charge in [-0.05, 0) is 23.8 Å². The second kappa shape index (κ2) is 5.08. The summed E-state index contributed by atoms with van der Waals surface area (Å²) in [5, 5.41) is 2.55. The van der Waals surface area contributed by atoms with Crippen molar-refractivity contribution in [3.05, 3.63) is 76.8 Å². The molecule has 3 heteroatoms. The topological polar surface area (TPSA) is 12.5 Å². The number of benzene rings is 2. The van der Waals surface area contributed by atoms with Crippen LogP contribution < -0.4 is 0 Å². The van der Waals surface area contributed by atoms with Crippen LogP contribution in [0, 0.1) is 0 Å². The maximum Gasteiger partial charge on any atom is 0.154 e. The van der Waals surface area contributed by atoms with Crippen molar-refractivity contribution >= 4 is 17.4 Å². The molecular formula is C16H14ClNO. The predicted octanol–water partition coefficient (Wildman–Crippen LogP) is 4.30. The molecule has 0 amide bonds. The molecule has 2 nitrogen and oxygen atoms in total. The summed E-state index contributed by atoms with van der Waals surface area (Å²) in [6, 6.07) is 18.1. The van der Waals surface area contributed by atoms with Crippen LogP contribution in [0.25, 0.3) is 5.76 Å². The van der Waals surface area contributed by atoms with Gasteiger partial charge in [-0.2, -0.15) is 0 Å². The van der Waals surface area contributed by atoms with E-state index in [1.165, 1.54) is 5.56 Å². The minimum atomic E-state index is 0.118. The molecule has 0 saturated carbocycles. The Morgan fingerprint density at radius 1 is 1.00 bits per heavy atom. The molecule has 1 unspecified atom stereocenters. The maximum absolute atomic E-state index is 6.21. The van der Waals surface area contributed by atoms with Crippen LogP contribution in [0.5, 0.6) is 0 Å². The largest absolute Gasteiger partial charge is 0.405 e. The van der Waals surface area contributed by atoms with Gasteiger partial charge in [-0.15, -0.1) is 5.06 Å². The third-order valence-electron chi connectivity index (χ3n) is 3.22. The van der Waals surface area contributed by atoms with Crippen molar-refractivity contribution in [3.63, 3.8) is 0 Å². The van der Waals surface area contributed by atoms with E-state index in [-0.39, 0.29) is 6.04 Å². The van der Waals surface area contributed by atoms with E-state index in [1.807, 2.05) is 54.6 Å². The van der Waals surface area contributed by atoms with Crippen molar-refractivity contribution in [1.29, 1.82) is 0 Å². The van der Waals surface area contributed by atoms with E-state index in [1.54, 1.807) is 0 Å². The summed E-state index contributed by atoms with van der Waals surface area (Å²) in [7, 11) is 1.93. The van der Waals surface area contributed by atoms with E-state index in [9.17, 15) is 0 Å². The highest BCUT2D eigenvalue weighted by molar-refractivity contribution is 6.32. The molecule has 1 aliphatic heterocycles. The fourth-order valence-electron chi connectivity index (χ4n) is 2.25. The van der Waals surface area contributed by atoms with E-state index in [2.05, 4.69) is 18.2 Å². The summed E-state index contributed by atoms with van der Waals surface area (Å²) in [6.45, 7) is 0. The highest BCUT2D eigenvalue weighted by Gasteiger charge is 2.26. The number of hydrogen-bond acceptors (Lipinski definition) is 2. The SMILES string of the molecule is CN1OC(c2ccccc2Cl)=CC1c1ccccc1. The summed E-state index contributed by atoms with van der Waals surface area (Å²) < 4.78 is 0. The zero-order valence-corrected chi connectivity index (χ0v) is 11.3. The lowest BCUT2D eigenvalue weighted by Gasteiger charge is -2.18. The van der Waals surface area contributed by atoms with Gasteiger partial charge in [0.15, 0.2) is 5.76 Å². The lowest BCUT2D eigenvalue weighted by atomic mass is 10.1. The van der Waals surface area contributed by atoms with Crippen LogP contribution in [0.2, 0.25) is 5.02 Å². The average molecular weight is 272 g/mol. The number of halogens is 1. The quantitative estimate of drug-likeness (QED) is 0.807. The molecule has 0 spiro atoms. The molecule has 0 fully saturated rings. The summed E-state index contributed by atoms with van der Waals surface area (Å²) in [4.78, 5) is 5.81. The van der Waals surface area contributed by atoms with Gasteiger partial charge in [0.1, 0.15) is 0 Å². The molecule has 0 bridgehead atoms. The Morgan fingerprint density at radius 2 is 1.68 bits per heavy atom. The van der Waals surface area contributed by atoms with Gasteiger partial charge in [-0.3, -0.25) is 0 Å². The molecule has 2 aromatic rings. The first kappa shape index (κ1) is 12.3. The Morgan fingerprint density at radius 3 is 2.42 bits per heavy atom. The monoisotopic (exact) mass is 271 g/mol. The van der Waals surface area contributed by atoms with E-state index in [0.29, 0.717) is 5.02 Å². The fraction of sp³-hybridized carbons (Fsp3) is 0.125. The van der Waals surface area contributed by atoms with Gasteiger partial charge in [-0.25, -0.2) is 0 Å². The van der Waals surface area contributed by atoms with Crippen LogP contribution in [0.15, 0.2) is 60.7 Å². The second-order valence-corrected chi connectivity index (χ2v) is 4.91. The van der Waals surface area contributed by atoms with Gasteiger partial charge in [0.2, 0.25) is 0 Å². The van der Waals surface area contributed by atoms with E-state index in [0.717, 1.165) is 11.3 Å². The smallest absolute Gasteiger partial charge is 0.154 e. The third-order valence-corrected chi connectivity index (χ3v) is 3.55. The first-order chi connectivity index (χ1) is 9.25. The van der Waals surface area contributed by atoms with Crippen molar-refractivity contribution < 1.29 is 4.84 Å². The molecule has 1 atom stereocenters. The number of hydrogen-bond donors (Lipinski definition) is 0. The molecule has 0 saturated heterocycles. The van der Waals surface area contributed by atoms with Crippen LogP contribution in [0.1, 0.15) is 17.2 Å². The molecule has 1 heterocycles. The average Bonchev–Trinajstić information content (AvgIpc) is 2.82. The Hall–Kier alpha value is -1.77. The van der Waals surface area contributed by atoms with Gasteiger partial charge >= 0.3 is 0 Å². The number of nitrogens with zero attached hydrogens (tertiary/aromatic N) is 1. The minimum Gasteiger partial charge on any atom is -0.405 e. The van der Waals surface area contributed by atoms with Crippen molar-refractivity contribution in [1.82, 2.24) is 5.06 Å². The molecule has 0 aromatic heterocycles. The molecule has 0 radical (unpaired) electrons. The molecule has 19 heavy (non-hydrogen) atoms. The summed E-state index contributed by atoms with van der Waals surface area (Å²) >= 11 is 6.21. The van der Waals surface area contributed by atoms with E-state index >= 15 is 0 Å². The molecule has 0 N–H and O–H groups in total. The number of likely N-dealkylation sites (N-methyl/N-ethyl adjacent to an activating group) is 1. The Bertz CT molecular complexity index is 609. The molecular weight excluding hydrogens is 258 g/mol. The van der Waals surface area contributed by atoms with Crippen LogP contribution in [0.4, 0.5) is 0 Å². The first-order valence-electron chi connectivity index (χ1n) is 6.18. The van der Waals surface area contributed by atoms with Crippen LogP contribution in [-0.4, -0.2) is 12.1 Å². The normalized spacial score (nSPS) is 19.1. The Balaban J connectivity index is 1.96. The predicted molar refractivity (Wildman–Crippen MR) is 77.5 cm³/mol. The van der Waals surface area contributed by atoms with Crippen molar-refractivity contribution in [2.24, 2.45) is 0 Å². The molecule has 0 aliphatic carbocycles. The highest BCUT2D eigenvalue weighted by atomic mass is 35.5. The summed E-state index contributed by atoms with van der Waals surface area (Å²) in [5.74, 6) is 0.807. The third kappa shape index (κ3) is 2.37. The van der Waals surface area contributed by atoms with Gasteiger partial charge in [0.25, 0.3) is 0 Å². The standard InChI is InChI=1S/C16H14ClNO/c1-18-15(12-7-3-2-4-8-12)11-16(19-18)13-9-5-6-10-14(13)17/h2-11,15H,1H3. The summed E-state index contributed by atoms with van der Waals surface area (Å²) in [6.07, 6.45) is 2.09. The molecule has 3 rings (SSSR count). The van der Waals surface area contributed by atoms with E-state index in [4.69, 9.17) is 16.4 Å². The molecule has 96 valence electrons. The van der Waals surface area contributed by atoms with Gasteiger partial charge in [-0.1, -0.05) is 54.1 Å². The zero-order valence-electron chi connectivity index (χ0n) is 10.6. The summed E-state index contributed by atoms with van der Waals surface area (Å²) in [5.41, 5.74) is 2.13. The number of hydroxylamine groups is 2. The zero-order chi connectivity index (χ0) is 13.2. The first-order valence-corrected chi connectivity index (χ1v) is 6.56. The second-order valence-electron chi connectivity index (χ2n) is 4.50.